The fourth-order valence-electron chi connectivity index (χ4n) is 1.90. The van der Waals surface area contributed by atoms with E-state index in [2.05, 4.69) is 10.2 Å². The van der Waals surface area contributed by atoms with E-state index in [1.165, 1.54) is 0 Å². The number of aromatic nitrogens is 1. The minimum absolute atomic E-state index is 0.682. The van der Waals surface area contributed by atoms with Crippen molar-refractivity contribution in [3.8, 4) is 11.5 Å². The topological polar surface area (TPSA) is 38.9 Å². The number of para-hydroxylation sites is 2. The highest BCUT2D eigenvalue weighted by atomic mass is 16.5. The highest BCUT2D eigenvalue weighted by Crippen LogP contribution is 2.32. The van der Waals surface area contributed by atoms with Crippen LogP contribution in [0.2, 0.25) is 0 Å². The fraction of sp³-hybridized carbons (Fsp3) is 0.0588. The van der Waals surface area contributed by atoms with E-state index in [0.717, 1.165) is 11.6 Å². The van der Waals surface area contributed by atoms with E-state index in [4.69, 9.17) is 4.74 Å². The Morgan fingerprint density at radius 1 is 0.810 bits per heavy atom. The van der Waals surface area contributed by atoms with Crippen LogP contribution in [0.15, 0.2) is 83.2 Å². The SMILES string of the molecule is Cn1cccc1N=Nc1ccccc1Oc1ccccc1. The van der Waals surface area contributed by atoms with Crippen LogP contribution in [0.4, 0.5) is 11.5 Å². The maximum Gasteiger partial charge on any atom is 0.154 e. The molecule has 0 aliphatic rings. The summed E-state index contributed by atoms with van der Waals surface area (Å²) in [4.78, 5) is 0. The summed E-state index contributed by atoms with van der Waals surface area (Å²) < 4.78 is 7.76. The third kappa shape index (κ3) is 3.17. The van der Waals surface area contributed by atoms with Gasteiger partial charge in [0.2, 0.25) is 0 Å². The summed E-state index contributed by atoms with van der Waals surface area (Å²) in [6.45, 7) is 0. The number of ether oxygens (including phenoxy) is 1. The Bertz CT molecular complexity index is 747. The van der Waals surface area contributed by atoms with Crippen LogP contribution in [0.25, 0.3) is 0 Å². The highest BCUT2D eigenvalue weighted by molar-refractivity contribution is 5.52. The van der Waals surface area contributed by atoms with Gasteiger partial charge in [0.05, 0.1) is 0 Å². The van der Waals surface area contributed by atoms with Gasteiger partial charge in [-0.2, -0.15) is 0 Å². The minimum atomic E-state index is 0.682. The molecule has 0 spiro atoms. The molecule has 0 amide bonds. The lowest BCUT2D eigenvalue weighted by molar-refractivity contribution is 0.483. The second-order valence-electron chi connectivity index (χ2n) is 4.56. The number of azo groups is 1. The number of aryl methyl sites for hydroxylation is 1. The van der Waals surface area contributed by atoms with Gasteiger partial charge in [-0.1, -0.05) is 30.3 Å². The Kier molecular flexibility index (Phi) is 3.78. The monoisotopic (exact) mass is 277 g/mol. The molecule has 4 nitrogen and oxygen atoms in total. The molecule has 0 bridgehead atoms. The van der Waals surface area contributed by atoms with Crippen LogP contribution in [-0.2, 0) is 7.05 Å². The van der Waals surface area contributed by atoms with Crippen molar-refractivity contribution in [3.63, 3.8) is 0 Å². The van der Waals surface area contributed by atoms with E-state index in [0.29, 0.717) is 11.4 Å². The molecule has 0 fully saturated rings. The van der Waals surface area contributed by atoms with E-state index in [1.54, 1.807) is 0 Å². The van der Waals surface area contributed by atoms with Gasteiger partial charge >= 0.3 is 0 Å². The van der Waals surface area contributed by atoms with Crippen molar-refractivity contribution in [1.29, 1.82) is 0 Å². The second-order valence-corrected chi connectivity index (χ2v) is 4.56. The summed E-state index contributed by atoms with van der Waals surface area (Å²) in [5, 5.41) is 8.53. The lowest BCUT2D eigenvalue weighted by atomic mass is 10.3. The Labute approximate surface area is 123 Å². The van der Waals surface area contributed by atoms with Gasteiger partial charge in [-0.25, -0.2) is 0 Å². The molecule has 0 aliphatic carbocycles. The standard InChI is InChI=1S/C17H15N3O/c1-20-13-7-12-17(20)19-18-15-10-5-6-11-16(15)21-14-8-3-2-4-9-14/h2-13H,1H3. The average Bonchev–Trinajstić information content (AvgIpc) is 2.93. The number of nitrogens with zero attached hydrogens (tertiary/aromatic N) is 3. The van der Waals surface area contributed by atoms with Gasteiger partial charge in [-0.15, -0.1) is 10.2 Å². The molecule has 0 radical (unpaired) electrons. The molecule has 3 rings (SSSR count). The zero-order chi connectivity index (χ0) is 14.5. The van der Waals surface area contributed by atoms with Crippen molar-refractivity contribution in [2.45, 2.75) is 0 Å². The summed E-state index contributed by atoms with van der Waals surface area (Å²) in [7, 11) is 1.93. The molecule has 0 N–H and O–H groups in total. The van der Waals surface area contributed by atoms with Gasteiger partial charge in [-0.05, 0) is 36.4 Å². The number of hydrogen-bond acceptors (Lipinski definition) is 3. The molecular formula is C17H15N3O. The largest absolute Gasteiger partial charge is 0.455 e. The maximum absolute atomic E-state index is 5.85. The average molecular weight is 277 g/mol. The van der Waals surface area contributed by atoms with E-state index < -0.39 is 0 Å². The summed E-state index contributed by atoms with van der Waals surface area (Å²) >= 11 is 0. The predicted octanol–water partition coefficient (Wildman–Crippen LogP) is 5.23. The molecule has 4 heteroatoms. The van der Waals surface area contributed by atoms with E-state index in [1.807, 2.05) is 84.5 Å². The lowest BCUT2D eigenvalue weighted by Gasteiger charge is -2.07. The van der Waals surface area contributed by atoms with Crippen molar-refractivity contribution in [2.24, 2.45) is 17.3 Å². The summed E-state index contributed by atoms with van der Waals surface area (Å²) in [6, 6.07) is 21.1. The van der Waals surface area contributed by atoms with Gasteiger partial charge in [0.25, 0.3) is 0 Å². The summed E-state index contributed by atoms with van der Waals surface area (Å²) in [5.41, 5.74) is 0.697. The van der Waals surface area contributed by atoms with Crippen LogP contribution >= 0.6 is 0 Å². The molecule has 21 heavy (non-hydrogen) atoms. The minimum Gasteiger partial charge on any atom is -0.455 e. The van der Waals surface area contributed by atoms with E-state index in [9.17, 15) is 0 Å². The second kappa shape index (κ2) is 6.05. The van der Waals surface area contributed by atoms with Gasteiger partial charge in [0.1, 0.15) is 11.4 Å². The van der Waals surface area contributed by atoms with Crippen molar-refractivity contribution >= 4 is 11.5 Å². The van der Waals surface area contributed by atoms with Crippen molar-refractivity contribution in [1.82, 2.24) is 4.57 Å². The van der Waals surface area contributed by atoms with Crippen molar-refractivity contribution in [3.05, 3.63) is 72.9 Å². The summed E-state index contributed by atoms with van der Waals surface area (Å²) in [6.07, 6.45) is 1.93. The van der Waals surface area contributed by atoms with Crippen LogP contribution in [0.5, 0.6) is 11.5 Å². The molecule has 0 saturated heterocycles. The van der Waals surface area contributed by atoms with Gasteiger partial charge in [0.15, 0.2) is 11.6 Å². The van der Waals surface area contributed by atoms with Crippen molar-refractivity contribution in [2.75, 3.05) is 0 Å². The van der Waals surface area contributed by atoms with Gasteiger partial charge < -0.3 is 9.30 Å². The maximum atomic E-state index is 5.85. The van der Waals surface area contributed by atoms with Crippen LogP contribution in [-0.4, -0.2) is 4.57 Å². The Morgan fingerprint density at radius 2 is 1.57 bits per heavy atom. The quantitative estimate of drug-likeness (QED) is 0.601. The number of rotatable bonds is 4. The first-order chi connectivity index (χ1) is 10.3. The van der Waals surface area contributed by atoms with Gasteiger partial charge in [0, 0.05) is 13.2 Å². The molecule has 2 aromatic carbocycles. The molecule has 0 aliphatic heterocycles. The normalized spacial score (nSPS) is 10.9. The molecule has 1 heterocycles. The number of benzene rings is 2. The zero-order valence-electron chi connectivity index (χ0n) is 11.7. The molecule has 1 aromatic heterocycles. The van der Waals surface area contributed by atoms with Crippen LogP contribution < -0.4 is 4.74 Å². The summed E-state index contributed by atoms with van der Waals surface area (Å²) in [5.74, 6) is 2.25. The van der Waals surface area contributed by atoms with E-state index >= 15 is 0 Å². The van der Waals surface area contributed by atoms with Crippen molar-refractivity contribution < 1.29 is 4.74 Å². The van der Waals surface area contributed by atoms with Gasteiger partial charge in [-0.3, -0.25) is 0 Å². The Balaban J connectivity index is 1.86. The highest BCUT2D eigenvalue weighted by Gasteiger charge is 2.03. The predicted molar refractivity (Wildman–Crippen MR) is 82.5 cm³/mol. The molecule has 3 aromatic rings. The third-order valence-corrected chi connectivity index (χ3v) is 3.01. The van der Waals surface area contributed by atoms with E-state index in [-0.39, 0.29) is 0 Å². The smallest absolute Gasteiger partial charge is 0.154 e. The first kappa shape index (κ1) is 13.1. The molecule has 104 valence electrons. The lowest BCUT2D eigenvalue weighted by Crippen LogP contribution is -1.84. The zero-order valence-corrected chi connectivity index (χ0v) is 11.7. The third-order valence-electron chi connectivity index (χ3n) is 3.01. The molecule has 0 unspecified atom stereocenters. The van der Waals surface area contributed by atoms with Crippen LogP contribution in [0.1, 0.15) is 0 Å². The number of hydrogen-bond donors (Lipinski definition) is 0. The Hall–Kier alpha value is -2.88. The van der Waals surface area contributed by atoms with Crippen LogP contribution in [0.3, 0.4) is 0 Å². The molecule has 0 atom stereocenters. The Morgan fingerprint density at radius 3 is 2.33 bits per heavy atom. The first-order valence-electron chi connectivity index (χ1n) is 6.68. The molecular weight excluding hydrogens is 262 g/mol. The van der Waals surface area contributed by atoms with Crippen LogP contribution in [0, 0.1) is 0 Å². The fourth-order valence-corrected chi connectivity index (χ4v) is 1.90. The molecule has 0 saturated carbocycles. The first-order valence-corrected chi connectivity index (χ1v) is 6.68.